The summed E-state index contributed by atoms with van der Waals surface area (Å²) >= 11 is 5.97. The van der Waals surface area contributed by atoms with Crippen LogP contribution >= 0.6 is 11.6 Å². The van der Waals surface area contributed by atoms with Gasteiger partial charge in [-0.05, 0) is 56.3 Å². The standard InChI is InChI=1S/C22H16ClN3O2/c1-22(2)12-19(17-11-14(13-24)3-9-20(17)28-22)26-21(27)10-8-18(25-26)15-4-6-16(23)7-5-15/h3-12H,1-2H3. The number of hydrogen-bond donors (Lipinski definition) is 0. The normalized spacial score (nSPS) is 14.4. The zero-order valence-electron chi connectivity index (χ0n) is 15.3. The minimum absolute atomic E-state index is 0.269. The molecule has 0 bridgehead atoms. The third-order valence-corrected chi connectivity index (χ3v) is 4.66. The number of rotatable bonds is 2. The highest BCUT2D eigenvalue weighted by atomic mass is 35.5. The summed E-state index contributed by atoms with van der Waals surface area (Å²) in [6.07, 6.45) is 1.84. The van der Waals surface area contributed by atoms with Gasteiger partial charge >= 0.3 is 0 Å². The maximum Gasteiger partial charge on any atom is 0.271 e. The highest BCUT2D eigenvalue weighted by Crippen LogP contribution is 2.36. The molecule has 0 saturated carbocycles. The first-order valence-electron chi connectivity index (χ1n) is 8.69. The van der Waals surface area contributed by atoms with Crippen molar-refractivity contribution in [1.82, 2.24) is 9.78 Å². The molecule has 1 aromatic heterocycles. The second-order valence-corrected chi connectivity index (χ2v) is 7.47. The molecule has 28 heavy (non-hydrogen) atoms. The number of aromatic nitrogens is 2. The third kappa shape index (κ3) is 3.30. The maximum absolute atomic E-state index is 12.7. The molecule has 0 aliphatic carbocycles. The molecule has 0 fully saturated rings. The molecule has 0 spiro atoms. The lowest BCUT2D eigenvalue weighted by Gasteiger charge is -2.31. The fourth-order valence-electron chi connectivity index (χ4n) is 3.14. The fraction of sp³-hybridized carbons (Fsp3) is 0.136. The van der Waals surface area contributed by atoms with Gasteiger partial charge in [-0.25, -0.2) is 0 Å². The summed E-state index contributed by atoms with van der Waals surface area (Å²) in [6.45, 7) is 3.81. The van der Waals surface area contributed by atoms with Gasteiger partial charge in [0.05, 0.1) is 23.0 Å². The first kappa shape index (κ1) is 18.0. The van der Waals surface area contributed by atoms with Gasteiger partial charge in [-0.3, -0.25) is 4.79 Å². The van der Waals surface area contributed by atoms with Gasteiger partial charge < -0.3 is 4.74 Å². The summed E-state index contributed by atoms with van der Waals surface area (Å²) in [7, 11) is 0. The molecule has 1 aliphatic rings. The minimum atomic E-state index is -0.631. The van der Waals surface area contributed by atoms with Crippen LogP contribution in [0.5, 0.6) is 5.75 Å². The number of hydrogen-bond acceptors (Lipinski definition) is 4. The van der Waals surface area contributed by atoms with Gasteiger partial charge in [-0.15, -0.1) is 0 Å². The molecule has 1 aliphatic heterocycles. The Bertz CT molecular complexity index is 1200. The predicted molar refractivity (Wildman–Crippen MR) is 108 cm³/mol. The van der Waals surface area contributed by atoms with Gasteiger partial charge in [0.1, 0.15) is 11.4 Å². The smallest absolute Gasteiger partial charge is 0.271 e. The van der Waals surface area contributed by atoms with Crippen LogP contribution in [0.2, 0.25) is 5.02 Å². The van der Waals surface area contributed by atoms with Crippen molar-refractivity contribution in [3.8, 4) is 23.1 Å². The minimum Gasteiger partial charge on any atom is -0.483 e. The van der Waals surface area contributed by atoms with E-state index in [0.29, 0.717) is 33.3 Å². The first-order chi connectivity index (χ1) is 13.4. The Morgan fingerprint density at radius 2 is 1.86 bits per heavy atom. The molecule has 0 unspecified atom stereocenters. The summed E-state index contributed by atoms with van der Waals surface area (Å²) in [5.41, 5.74) is 2.30. The van der Waals surface area contributed by atoms with Crippen LogP contribution in [0.4, 0.5) is 0 Å². The topological polar surface area (TPSA) is 67.9 Å². The van der Waals surface area contributed by atoms with Crippen molar-refractivity contribution in [2.24, 2.45) is 0 Å². The second-order valence-electron chi connectivity index (χ2n) is 7.03. The monoisotopic (exact) mass is 389 g/mol. The molecule has 2 aromatic carbocycles. The first-order valence-corrected chi connectivity index (χ1v) is 9.07. The van der Waals surface area contributed by atoms with E-state index in [2.05, 4.69) is 11.2 Å². The Kier molecular flexibility index (Phi) is 4.29. The maximum atomic E-state index is 12.7. The number of benzene rings is 2. The lowest BCUT2D eigenvalue weighted by Crippen LogP contribution is -2.33. The zero-order valence-corrected chi connectivity index (χ0v) is 16.1. The van der Waals surface area contributed by atoms with Crippen LogP contribution in [0.1, 0.15) is 25.0 Å². The Balaban J connectivity index is 1.92. The molecule has 5 nitrogen and oxygen atoms in total. The van der Waals surface area contributed by atoms with E-state index in [4.69, 9.17) is 16.3 Å². The molecule has 0 N–H and O–H groups in total. The van der Waals surface area contributed by atoms with Crippen molar-refractivity contribution in [1.29, 1.82) is 5.26 Å². The molecule has 0 saturated heterocycles. The molecule has 6 heteroatoms. The predicted octanol–water partition coefficient (Wildman–Crippen LogP) is 4.50. The zero-order chi connectivity index (χ0) is 19.9. The molecule has 2 heterocycles. The molecule has 138 valence electrons. The number of nitrogens with zero attached hydrogens (tertiary/aromatic N) is 3. The van der Waals surface area contributed by atoms with Crippen molar-refractivity contribution in [2.75, 3.05) is 0 Å². The van der Waals surface area contributed by atoms with Gasteiger partial charge in [-0.2, -0.15) is 15.0 Å². The van der Waals surface area contributed by atoms with Crippen molar-refractivity contribution >= 4 is 17.3 Å². The van der Waals surface area contributed by atoms with Crippen LogP contribution in [0.3, 0.4) is 0 Å². The van der Waals surface area contributed by atoms with E-state index >= 15 is 0 Å². The van der Waals surface area contributed by atoms with E-state index in [1.165, 1.54) is 10.7 Å². The number of fused-ring (bicyclic) bond motifs is 1. The van der Waals surface area contributed by atoms with Gasteiger partial charge in [0, 0.05) is 22.2 Å². The molecule has 0 radical (unpaired) electrons. The van der Waals surface area contributed by atoms with Gasteiger partial charge in [0.25, 0.3) is 5.56 Å². The Morgan fingerprint density at radius 3 is 2.57 bits per heavy atom. The lowest BCUT2D eigenvalue weighted by molar-refractivity contribution is 0.157. The van der Waals surface area contributed by atoms with E-state index in [0.717, 1.165) is 5.56 Å². The van der Waals surface area contributed by atoms with E-state index in [1.807, 2.05) is 32.1 Å². The highest BCUT2D eigenvalue weighted by molar-refractivity contribution is 6.30. The lowest BCUT2D eigenvalue weighted by atomic mass is 9.98. The number of halogens is 1. The molecule has 3 aromatic rings. The molecular formula is C22H16ClN3O2. The van der Waals surface area contributed by atoms with Crippen LogP contribution < -0.4 is 10.3 Å². The largest absolute Gasteiger partial charge is 0.483 e. The van der Waals surface area contributed by atoms with Crippen LogP contribution in [-0.4, -0.2) is 15.4 Å². The van der Waals surface area contributed by atoms with Crippen LogP contribution in [-0.2, 0) is 0 Å². The Labute approximate surface area is 167 Å². The summed E-state index contributed by atoms with van der Waals surface area (Å²) < 4.78 is 7.35. The van der Waals surface area contributed by atoms with Crippen molar-refractivity contribution in [3.05, 3.63) is 87.2 Å². The second kappa shape index (κ2) is 6.66. The van der Waals surface area contributed by atoms with E-state index in [-0.39, 0.29) is 5.56 Å². The highest BCUT2D eigenvalue weighted by Gasteiger charge is 2.28. The fourth-order valence-corrected chi connectivity index (χ4v) is 3.27. The van der Waals surface area contributed by atoms with Gasteiger partial charge in [0.2, 0.25) is 0 Å². The van der Waals surface area contributed by atoms with E-state index < -0.39 is 5.60 Å². The summed E-state index contributed by atoms with van der Waals surface area (Å²) in [5, 5.41) is 14.5. The van der Waals surface area contributed by atoms with Crippen molar-refractivity contribution < 1.29 is 4.74 Å². The summed E-state index contributed by atoms with van der Waals surface area (Å²) in [4.78, 5) is 12.7. The third-order valence-electron chi connectivity index (χ3n) is 4.41. The molecule has 0 amide bonds. The van der Waals surface area contributed by atoms with Crippen molar-refractivity contribution in [3.63, 3.8) is 0 Å². The summed E-state index contributed by atoms with van der Waals surface area (Å²) in [6, 6.07) is 17.7. The van der Waals surface area contributed by atoms with Crippen LogP contribution in [0.15, 0.2) is 65.5 Å². The molecule has 0 atom stereocenters. The Morgan fingerprint density at radius 1 is 1.11 bits per heavy atom. The average molecular weight is 390 g/mol. The number of ether oxygens (including phenoxy) is 1. The van der Waals surface area contributed by atoms with E-state index in [9.17, 15) is 10.1 Å². The number of nitriles is 1. The molecular weight excluding hydrogens is 374 g/mol. The summed E-state index contributed by atoms with van der Waals surface area (Å²) in [5.74, 6) is 0.604. The van der Waals surface area contributed by atoms with E-state index in [1.54, 1.807) is 36.4 Å². The van der Waals surface area contributed by atoms with Gasteiger partial charge in [0.15, 0.2) is 0 Å². The van der Waals surface area contributed by atoms with Crippen LogP contribution in [0.25, 0.3) is 17.0 Å². The molecule has 4 rings (SSSR count). The SMILES string of the molecule is CC1(C)C=C(n2nc(-c3ccc(Cl)cc3)ccc2=O)c2cc(C#N)ccc2O1. The Hall–Kier alpha value is -3.36. The average Bonchev–Trinajstić information content (AvgIpc) is 2.67. The van der Waals surface area contributed by atoms with Gasteiger partial charge in [-0.1, -0.05) is 23.7 Å². The van der Waals surface area contributed by atoms with Crippen molar-refractivity contribution in [2.45, 2.75) is 19.4 Å². The quantitative estimate of drug-likeness (QED) is 0.647. The van der Waals surface area contributed by atoms with Crippen LogP contribution in [0, 0.1) is 11.3 Å².